The Balaban J connectivity index is 1.32. The zero-order chi connectivity index (χ0) is 19.1. The summed E-state index contributed by atoms with van der Waals surface area (Å²) < 4.78 is 17.1. The summed E-state index contributed by atoms with van der Waals surface area (Å²) in [6, 6.07) is 12.4. The van der Waals surface area contributed by atoms with Gasteiger partial charge in [0.05, 0.1) is 29.4 Å². The van der Waals surface area contributed by atoms with Crippen molar-refractivity contribution in [2.75, 3.05) is 13.2 Å². The van der Waals surface area contributed by atoms with Crippen molar-refractivity contribution in [1.82, 2.24) is 15.0 Å². The van der Waals surface area contributed by atoms with Gasteiger partial charge in [-0.25, -0.2) is 4.98 Å². The minimum Gasteiger partial charge on any atom is -0.456 e. The maximum atomic E-state index is 9.84. The van der Waals surface area contributed by atoms with Crippen LogP contribution in [0, 0.1) is 0 Å². The zero-order valence-corrected chi connectivity index (χ0v) is 15.8. The molecular formula is C20H20ClN3O4. The van der Waals surface area contributed by atoms with E-state index in [1.165, 1.54) is 5.56 Å². The lowest BCUT2D eigenvalue weighted by Crippen LogP contribution is -2.34. The first-order chi connectivity index (χ1) is 13.7. The Kier molecular flexibility index (Phi) is 4.68. The summed E-state index contributed by atoms with van der Waals surface area (Å²) in [7, 11) is 0. The van der Waals surface area contributed by atoms with Crippen LogP contribution in [-0.4, -0.2) is 57.7 Å². The van der Waals surface area contributed by atoms with Crippen molar-refractivity contribution in [3.8, 4) is 6.01 Å². The lowest BCUT2D eigenvalue weighted by molar-refractivity contribution is 0.00706. The van der Waals surface area contributed by atoms with Gasteiger partial charge in [-0.2, -0.15) is 4.98 Å². The van der Waals surface area contributed by atoms with E-state index in [1.807, 2.05) is 24.3 Å². The lowest BCUT2D eigenvalue weighted by atomic mass is 10.1. The van der Waals surface area contributed by atoms with Gasteiger partial charge in [0.15, 0.2) is 11.8 Å². The van der Waals surface area contributed by atoms with Crippen LogP contribution in [0.25, 0.3) is 11.2 Å². The number of aryl methyl sites for hydroxylation is 2. The van der Waals surface area contributed by atoms with E-state index >= 15 is 0 Å². The first-order valence-corrected chi connectivity index (χ1v) is 9.72. The Bertz CT molecular complexity index is 980. The van der Waals surface area contributed by atoms with E-state index in [9.17, 15) is 5.11 Å². The van der Waals surface area contributed by atoms with Crippen LogP contribution in [0.5, 0.6) is 6.01 Å². The summed E-state index contributed by atoms with van der Waals surface area (Å²) in [4.78, 5) is 12.2. The van der Waals surface area contributed by atoms with Gasteiger partial charge in [0.1, 0.15) is 18.3 Å². The highest BCUT2D eigenvalue weighted by Crippen LogP contribution is 2.30. The lowest BCUT2D eigenvalue weighted by Gasteiger charge is -2.15. The molecule has 146 valence electrons. The van der Waals surface area contributed by atoms with E-state index in [0.29, 0.717) is 28.8 Å². The van der Waals surface area contributed by atoms with Gasteiger partial charge >= 0.3 is 0 Å². The average molecular weight is 402 g/mol. The van der Waals surface area contributed by atoms with E-state index in [4.69, 9.17) is 25.8 Å². The summed E-state index contributed by atoms with van der Waals surface area (Å²) in [5.41, 5.74) is 3.32. The second-order valence-corrected chi connectivity index (χ2v) is 7.54. The fraction of sp³-hybridized carbons (Fsp3) is 0.400. The SMILES string of the molecule is O[C@@H]1CO[C@H]2[C@@H]1OC[C@H]2Oc1nc2nc(CCc3ccccc3)c(Cl)cc2[nH]1. The van der Waals surface area contributed by atoms with Gasteiger partial charge in [0, 0.05) is 0 Å². The van der Waals surface area contributed by atoms with Gasteiger partial charge in [-0.3, -0.25) is 0 Å². The third kappa shape index (κ3) is 3.35. The van der Waals surface area contributed by atoms with Crippen LogP contribution in [0.15, 0.2) is 36.4 Å². The summed E-state index contributed by atoms with van der Waals surface area (Å²) >= 11 is 6.42. The highest BCUT2D eigenvalue weighted by Gasteiger charge is 2.48. The minimum atomic E-state index is -0.609. The molecule has 8 heteroatoms. The summed E-state index contributed by atoms with van der Waals surface area (Å²) in [5, 5.41) is 10.4. The average Bonchev–Trinajstić information content (AvgIpc) is 3.38. The molecule has 1 aromatic carbocycles. The Morgan fingerprint density at radius 1 is 1.11 bits per heavy atom. The number of H-pyrrole nitrogens is 1. The summed E-state index contributed by atoms with van der Waals surface area (Å²) in [5.74, 6) is 0. The number of nitrogens with zero attached hydrogens (tertiary/aromatic N) is 2. The van der Waals surface area contributed by atoms with Crippen molar-refractivity contribution in [3.05, 3.63) is 52.7 Å². The molecule has 0 saturated carbocycles. The molecule has 0 spiro atoms. The van der Waals surface area contributed by atoms with E-state index in [2.05, 4.69) is 27.1 Å². The second kappa shape index (κ2) is 7.33. The van der Waals surface area contributed by atoms with Crippen molar-refractivity contribution in [2.24, 2.45) is 0 Å². The van der Waals surface area contributed by atoms with E-state index < -0.39 is 6.10 Å². The Morgan fingerprint density at radius 2 is 1.93 bits per heavy atom. The van der Waals surface area contributed by atoms with Crippen LogP contribution in [0.2, 0.25) is 5.02 Å². The number of nitrogens with one attached hydrogen (secondary N) is 1. The van der Waals surface area contributed by atoms with Crippen LogP contribution >= 0.6 is 11.6 Å². The number of hydrogen-bond donors (Lipinski definition) is 2. The Labute approximate surface area is 166 Å². The van der Waals surface area contributed by atoms with E-state index in [-0.39, 0.29) is 24.9 Å². The monoisotopic (exact) mass is 401 g/mol. The molecule has 0 aliphatic carbocycles. The molecule has 2 aromatic heterocycles. The molecule has 2 aliphatic rings. The predicted molar refractivity (Wildman–Crippen MR) is 103 cm³/mol. The number of halogens is 1. The number of aliphatic hydroxyl groups is 1. The fourth-order valence-electron chi connectivity index (χ4n) is 3.76. The molecule has 2 N–H and O–H groups in total. The van der Waals surface area contributed by atoms with Crippen molar-refractivity contribution in [3.63, 3.8) is 0 Å². The Morgan fingerprint density at radius 3 is 2.79 bits per heavy atom. The maximum Gasteiger partial charge on any atom is 0.296 e. The van der Waals surface area contributed by atoms with Crippen molar-refractivity contribution >= 4 is 22.8 Å². The summed E-state index contributed by atoms with van der Waals surface area (Å²) in [6.45, 7) is 0.608. The molecule has 3 aromatic rings. The molecule has 2 aliphatic heterocycles. The van der Waals surface area contributed by atoms with Crippen molar-refractivity contribution in [1.29, 1.82) is 0 Å². The Hall–Kier alpha value is -2.19. The van der Waals surface area contributed by atoms with Crippen LogP contribution in [0.3, 0.4) is 0 Å². The first-order valence-electron chi connectivity index (χ1n) is 9.34. The molecule has 4 heterocycles. The van der Waals surface area contributed by atoms with E-state index in [0.717, 1.165) is 18.5 Å². The topological polar surface area (TPSA) is 89.5 Å². The third-order valence-electron chi connectivity index (χ3n) is 5.22. The van der Waals surface area contributed by atoms with Crippen LogP contribution in [0.4, 0.5) is 0 Å². The number of fused-ring (bicyclic) bond motifs is 2. The molecule has 0 amide bonds. The molecule has 0 bridgehead atoms. The van der Waals surface area contributed by atoms with Crippen LogP contribution in [0.1, 0.15) is 11.3 Å². The van der Waals surface area contributed by atoms with Crippen molar-refractivity contribution < 1.29 is 19.3 Å². The molecule has 28 heavy (non-hydrogen) atoms. The molecule has 7 nitrogen and oxygen atoms in total. The number of aliphatic hydroxyl groups excluding tert-OH is 1. The maximum absolute atomic E-state index is 9.84. The molecule has 0 radical (unpaired) electrons. The molecular weight excluding hydrogens is 382 g/mol. The quantitative estimate of drug-likeness (QED) is 0.682. The van der Waals surface area contributed by atoms with Gasteiger partial charge in [0.2, 0.25) is 0 Å². The number of aromatic nitrogens is 3. The fourth-order valence-corrected chi connectivity index (χ4v) is 4.01. The van der Waals surface area contributed by atoms with Gasteiger partial charge in [-0.1, -0.05) is 41.9 Å². The minimum absolute atomic E-state index is 0.261. The summed E-state index contributed by atoms with van der Waals surface area (Å²) in [6.07, 6.45) is 0.0216. The molecule has 0 unspecified atom stereocenters. The number of pyridine rings is 1. The van der Waals surface area contributed by atoms with Gasteiger partial charge in [0.25, 0.3) is 6.01 Å². The predicted octanol–water partition coefficient (Wildman–Crippen LogP) is 2.30. The standard InChI is InChI=1S/C20H20ClN3O4/c21-12-8-14-19(22-13(12)7-6-11-4-2-1-3-5-11)24-20(23-14)28-16-10-27-17-15(25)9-26-18(16)17/h1-5,8,15-18,25H,6-7,9-10H2,(H,22,23,24)/t15-,16-,17-,18-/m1/s1. The number of rotatable bonds is 5. The first kappa shape index (κ1) is 17.9. The number of ether oxygens (including phenoxy) is 3. The van der Waals surface area contributed by atoms with Gasteiger partial charge in [-0.05, 0) is 24.5 Å². The molecule has 4 atom stereocenters. The molecule has 5 rings (SSSR count). The third-order valence-corrected chi connectivity index (χ3v) is 5.54. The highest BCUT2D eigenvalue weighted by molar-refractivity contribution is 6.31. The van der Waals surface area contributed by atoms with E-state index in [1.54, 1.807) is 0 Å². The number of aromatic amines is 1. The number of hydrogen-bond acceptors (Lipinski definition) is 6. The smallest absolute Gasteiger partial charge is 0.296 e. The second-order valence-electron chi connectivity index (χ2n) is 7.14. The van der Waals surface area contributed by atoms with Gasteiger partial charge in [-0.15, -0.1) is 0 Å². The number of imidazole rings is 1. The largest absolute Gasteiger partial charge is 0.456 e. The normalized spacial score (nSPS) is 26.6. The van der Waals surface area contributed by atoms with Crippen molar-refractivity contribution in [2.45, 2.75) is 37.3 Å². The van der Waals surface area contributed by atoms with Crippen LogP contribution < -0.4 is 4.74 Å². The number of benzene rings is 1. The van der Waals surface area contributed by atoms with Crippen LogP contribution in [-0.2, 0) is 22.3 Å². The molecule has 2 fully saturated rings. The molecule has 2 saturated heterocycles. The zero-order valence-electron chi connectivity index (χ0n) is 15.0. The van der Waals surface area contributed by atoms with Gasteiger partial charge < -0.3 is 24.3 Å². The highest BCUT2D eigenvalue weighted by atomic mass is 35.5.